The second kappa shape index (κ2) is 9.56. The lowest BCUT2D eigenvalue weighted by molar-refractivity contribution is -0.127. The minimum atomic E-state index is -0.745. The predicted molar refractivity (Wildman–Crippen MR) is 142 cm³/mol. The van der Waals surface area contributed by atoms with E-state index in [9.17, 15) is 14.4 Å². The van der Waals surface area contributed by atoms with E-state index in [-0.39, 0.29) is 18.0 Å². The molecule has 1 atom stereocenters. The summed E-state index contributed by atoms with van der Waals surface area (Å²) >= 11 is 2.78. The first-order valence-electron chi connectivity index (χ1n) is 11.1. The summed E-state index contributed by atoms with van der Waals surface area (Å²) < 4.78 is 5.77. The second-order valence-corrected chi connectivity index (χ2v) is 10.4. The molecule has 3 amide bonds. The SMILES string of the molecule is Cc1nc(-c2ccc3c(c2)N(CC(=O)Nc2sc(-c4ccccc4)cc2C(N)=O)C(=O)C(C)O3)cs1. The smallest absolute Gasteiger partial charge is 0.268 e. The zero-order valence-corrected chi connectivity index (χ0v) is 21.1. The molecule has 1 aliphatic rings. The molecule has 0 saturated heterocycles. The van der Waals surface area contributed by atoms with Gasteiger partial charge in [-0.25, -0.2) is 4.98 Å². The molecule has 5 rings (SSSR count). The fourth-order valence-corrected chi connectivity index (χ4v) is 5.65. The van der Waals surface area contributed by atoms with Crippen LogP contribution >= 0.6 is 22.7 Å². The normalized spacial score (nSPS) is 14.8. The van der Waals surface area contributed by atoms with Crippen LogP contribution in [-0.2, 0) is 9.59 Å². The minimum Gasteiger partial charge on any atom is -0.479 e. The molecule has 10 heteroatoms. The first kappa shape index (κ1) is 23.7. The van der Waals surface area contributed by atoms with Gasteiger partial charge in [0, 0.05) is 15.8 Å². The van der Waals surface area contributed by atoms with E-state index in [1.165, 1.54) is 27.6 Å². The maximum atomic E-state index is 13.1. The van der Waals surface area contributed by atoms with Crippen LogP contribution < -0.4 is 20.7 Å². The van der Waals surface area contributed by atoms with Crippen molar-refractivity contribution in [1.29, 1.82) is 0 Å². The molecule has 2 aromatic heterocycles. The van der Waals surface area contributed by atoms with Crippen molar-refractivity contribution in [3.05, 3.63) is 70.5 Å². The van der Waals surface area contributed by atoms with Crippen molar-refractivity contribution in [3.8, 4) is 27.4 Å². The van der Waals surface area contributed by atoms with Gasteiger partial charge in [-0.3, -0.25) is 19.3 Å². The molecule has 1 aliphatic heterocycles. The number of carbonyl (C=O) groups is 3. The molecular formula is C26H22N4O4S2. The molecule has 4 aromatic rings. The summed E-state index contributed by atoms with van der Waals surface area (Å²) in [6.07, 6.45) is -0.745. The Balaban J connectivity index is 1.43. The molecule has 182 valence electrons. The number of hydrogen-bond acceptors (Lipinski definition) is 7. The average Bonchev–Trinajstić information content (AvgIpc) is 3.49. The number of anilines is 2. The number of fused-ring (bicyclic) bond motifs is 1. The van der Waals surface area contributed by atoms with Crippen molar-refractivity contribution in [3.63, 3.8) is 0 Å². The number of nitrogens with zero attached hydrogens (tertiary/aromatic N) is 2. The molecule has 0 spiro atoms. The quantitative estimate of drug-likeness (QED) is 0.384. The van der Waals surface area contributed by atoms with Gasteiger partial charge in [0.25, 0.3) is 11.8 Å². The number of ether oxygens (including phenoxy) is 1. The first-order valence-corrected chi connectivity index (χ1v) is 12.8. The maximum Gasteiger partial charge on any atom is 0.268 e. The van der Waals surface area contributed by atoms with E-state index in [4.69, 9.17) is 10.5 Å². The number of nitrogens with one attached hydrogen (secondary N) is 1. The minimum absolute atomic E-state index is 0.218. The number of aryl methyl sites for hydroxylation is 1. The molecule has 36 heavy (non-hydrogen) atoms. The number of nitrogens with two attached hydrogens (primary N) is 1. The number of carbonyl (C=O) groups excluding carboxylic acids is 3. The number of primary amides is 1. The van der Waals surface area contributed by atoms with Gasteiger partial charge in [-0.1, -0.05) is 30.3 Å². The fraction of sp³-hybridized carbons (Fsp3) is 0.154. The second-order valence-electron chi connectivity index (χ2n) is 8.25. The molecular weight excluding hydrogens is 496 g/mol. The molecule has 0 fully saturated rings. The lowest BCUT2D eigenvalue weighted by atomic mass is 10.1. The number of hydrogen-bond donors (Lipinski definition) is 2. The Hall–Kier alpha value is -4.02. The molecule has 1 unspecified atom stereocenters. The third-order valence-electron chi connectivity index (χ3n) is 5.69. The summed E-state index contributed by atoms with van der Waals surface area (Å²) in [7, 11) is 0. The monoisotopic (exact) mass is 518 g/mol. The number of rotatable bonds is 6. The van der Waals surface area contributed by atoms with Crippen molar-refractivity contribution >= 4 is 51.1 Å². The van der Waals surface area contributed by atoms with Gasteiger partial charge < -0.3 is 15.8 Å². The van der Waals surface area contributed by atoms with Crippen LogP contribution in [0.5, 0.6) is 5.75 Å². The number of thiophene rings is 1. The van der Waals surface area contributed by atoms with Crippen LogP contribution in [0.3, 0.4) is 0 Å². The number of benzene rings is 2. The summed E-state index contributed by atoms with van der Waals surface area (Å²) in [6.45, 7) is 3.31. The van der Waals surface area contributed by atoms with Gasteiger partial charge >= 0.3 is 0 Å². The van der Waals surface area contributed by atoms with Gasteiger partial charge in [0.1, 0.15) is 17.3 Å². The van der Waals surface area contributed by atoms with E-state index in [0.717, 1.165) is 26.7 Å². The van der Waals surface area contributed by atoms with Crippen LogP contribution in [0.15, 0.2) is 60.0 Å². The first-order chi connectivity index (χ1) is 17.3. The van der Waals surface area contributed by atoms with E-state index < -0.39 is 17.9 Å². The van der Waals surface area contributed by atoms with Crippen LogP contribution in [0.25, 0.3) is 21.7 Å². The highest BCUT2D eigenvalue weighted by Gasteiger charge is 2.33. The number of amides is 3. The predicted octanol–water partition coefficient (Wildman–Crippen LogP) is 4.70. The standard InChI is InChI=1S/C26H22N4O4S2/c1-14-26(33)30(20-10-17(8-9-21(20)34-14)19-13-35-15(2)28-19)12-23(31)29-25-18(24(27)32)11-22(36-25)16-6-4-3-5-7-16/h3-11,13-14H,12H2,1-2H3,(H2,27,32)(H,29,31). The Morgan fingerprint density at radius 3 is 2.61 bits per heavy atom. The summed E-state index contributed by atoms with van der Waals surface area (Å²) in [5.74, 6) is -0.933. The van der Waals surface area contributed by atoms with Gasteiger partial charge in [-0.2, -0.15) is 0 Å². The van der Waals surface area contributed by atoms with E-state index in [0.29, 0.717) is 16.4 Å². The highest BCUT2D eigenvalue weighted by Crippen LogP contribution is 2.38. The largest absolute Gasteiger partial charge is 0.479 e. The zero-order valence-electron chi connectivity index (χ0n) is 19.5. The number of aromatic nitrogens is 1. The highest BCUT2D eigenvalue weighted by molar-refractivity contribution is 7.20. The summed E-state index contributed by atoms with van der Waals surface area (Å²) in [4.78, 5) is 44.9. The Morgan fingerprint density at radius 2 is 1.92 bits per heavy atom. The molecule has 0 aliphatic carbocycles. The van der Waals surface area contributed by atoms with Gasteiger partial charge in [0.05, 0.1) is 22.0 Å². The Labute approximate surface area is 215 Å². The maximum absolute atomic E-state index is 13.1. The number of thiazole rings is 1. The topological polar surface area (TPSA) is 115 Å². The molecule has 3 N–H and O–H groups in total. The highest BCUT2D eigenvalue weighted by atomic mass is 32.1. The van der Waals surface area contributed by atoms with Crippen molar-refractivity contribution in [1.82, 2.24) is 4.98 Å². The van der Waals surface area contributed by atoms with Crippen molar-refractivity contribution in [2.75, 3.05) is 16.8 Å². The average molecular weight is 519 g/mol. The van der Waals surface area contributed by atoms with E-state index in [1.807, 2.05) is 48.7 Å². The Morgan fingerprint density at radius 1 is 1.14 bits per heavy atom. The molecule has 0 radical (unpaired) electrons. The Kier molecular flexibility index (Phi) is 6.29. The fourth-order valence-electron chi connectivity index (χ4n) is 3.95. The zero-order chi connectivity index (χ0) is 25.4. The van der Waals surface area contributed by atoms with E-state index in [1.54, 1.807) is 25.1 Å². The molecule has 0 bridgehead atoms. The van der Waals surface area contributed by atoms with Gasteiger partial charge in [0.15, 0.2) is 6.10 Å². The van der Waals surface area contributed by atoms with Crippen molar-refractivity contribution in [2.45, 2.75) is 20.0 Å². The van der Waals surface area contributed by atoms with Crippen LogP contribution in [0.1, 0.15) is 22.3 Å². The molecule has 2 aromatic carbocycles. The molecule has 3 heterocycles. The molecule has 8 nitrogen and oxygen atoms in total. The lowest BCUT2D eigenvalue weighted by Gasteiger charge is -2.32. The van der Waals surface area contributed by atoms with Crippen molar-refractivity contribution in [2.24, 2.45) is 5.73 Å². The summed E-state index contributed by atoms with van der Waals surface area (Å²) in [5, 5.41) is 5.98. The van der Waals surface area contributed by atoms with Gasteiger partial charge in [-0.05, 0) is 43.7 Å². The van der Waals surface area contributed by atoms with Crippen molar-refractivity contribution < 1.29 is 19.1 Å². The van der Waals surface area contributed by atoms with E-state index in [2.05, 4.69) is 10.3 Å². The third kappa shape index (κ3) is 4.60. The van der Waals surface area contributed by atoms with Crippen LogP contribution in [-0.4, -0.2) is 35.4 Å². The lowest BCUT2D eigenvalue weighted by Crippen LogP contribution is -2.47. The van der Waals surface area contributed by atoms with Crippen LogP contribution in [0, 0.1) is 6.92 Å². The summed E-state index contributed by atoms with van der Waals surface area (Å²) in [5.41, 5.74) is 8.79. The van der Waals surface area contributed by atoms with Crippen LogP contribution in [0.4, 0.5) is 10.7 Å². The van der Waals surface area contributed by atoms with Gasteiger partial charge in [0.2, 0.25) is 5.91 Å². The Bertz CT molecular complexity index is 1480. The van der Waals surface area contributed by atoms with E-state index >= 15 is 0 Å². The van der Waals surface area contributed by atoms with Gasteiger partial charge in [-0.15, -0.1) is 22.7 Å². The third-order valence-corrected chi connectivity index (χ3v) is 7.57. The summed E-state index contributed by atoms with van der Waals surface area (Å²) in [6, 6.07) is 16.6. The molecule has 0 saturated carbocycles. The van der Waals surface area contributed by atoms with Crippen LogP contribution in [0.2, 0.25) is 0 Å².